The van der Waals surface area contributed by atoms with Crippen molar-refractivity contribution in [2.45, 2.75) is 30.6 Å². The molecule has 0 radical (unpaired) electrons. The van der Waals surface area contributed by atoms with Gasteiger partial charge in [-0.1, -0.05) is 18.2 Å². The summed E-state index contributed by atoms with van der Waals surface area (Å²) in [6.07, 6.45) is 1.38. The summed E-state index contributed by atoms with van der Waals surface area (Å²) in [5.41, 5.74) is 0. The molecule has 1 heterocycles. The largest absolute Gasteiger partial charge is 0.481 e. The fraction of sp³-hybridized carbons (Fsp3) is 0.500. The number of benzene rings is 1. The number of aliphatic carboxylic acids is 1. The quantitative estimate of drug-likeness (QED) is 0.742. The van der Waals surface area contributed by atoms with Crippen LogP contribution in [0, 0.1) is 0 Å². The third kappa shape index (κ3) is 4.78. The van der Waals surface area contributed by atoms with Gasteiger partial charge in [0, 0.05) is 39.0 Å². The van der Waals surface area contributed by atoms with Crippen LogP contribution in [-0.2, 0) is 19.6 Å². The zero-order valence-electron chi connectivity index (χ0n) is 13.4. The van der Waals surface area contributed by atoms with Gasteiger partial charge < -0.3 is 10.0 Å². The number of hydrogen-bond donors (Lipinski definition) is 1. The molecule has 2 rings (SSSR count). The van der Waals surface area contributed by atoms with Crippen LogP contribution in [-0.4, -0.2) is 60.8 Å². The Hall–Kier alpha value is -1.93. The fourth-order valence-electron chi connectivity index (χ4n) is 2.63. The zero-order valence-corrected chi connectivity index (χ0v) is 14.2. The second-order valence-corrected chi connectivity index (χ2v) is 7.64. The lowest BCUT2D eigenvalue weighted by atomic mass is 10.1. The Bertz CT molecular complexity index is 667. The van der Waals surface area contributed by atoms with Crippen LogP contribution < -0.4 is 0 Å². The van der Waals surface area contributed by atoms with Crippen LogP contribution in [0.15, 0.2) is 35.2 Å². The van der Waals surface area contributed by atoms with Gasteiger partial charge in [0.05, 0.1) is 4.90 Å². The van der Waals surface area contributed by atoms with Crippen molar-refractivity contribution < 1.29 is 23.1 Å². The highest BCUT2D eigenvalue weighted by Crippen LogP contribution is 2.17. The van der Waals surface area contributed by atoms with E-state index in [1.165, 1.54) is 4.31 Å². The van der Waals surface area contributed by atoms with Gasteiger partial charge >= 0.3 is 5.97 Å². The number of amides is 1. The lowest BCUT2D eigenvalue weighted by molar-refractivity contribution is -0.137. The minimum Gasteiger partial charge on any atom is -0.481 e. The summed E-state index contributed by atoms with van der Waals surface area (Å²) in [6, 6.07) is 8.26. The van der Waals surface area contributed by atoms with Gasteiger partial charge in [-0.05, 0) is 25.0 Å². The highest BCUT2D eigenvalue weighted by Gasteiger charge is 2.29. The van der Waals surface area contributed by atoms with Gasteiger partial charge in [-0.2, -0.15) is 4.31 Å². The molecule has 1 amide bonds. The van der Waals surface area contributed by atoms with Crippen LogP contribution in [0.5, 0.6) is 0 Å². The number of carbonyl (C=O) groups excluding carboxylic acids is 1. The number of nitrogens with zero attached hydrogens (tertiary/aromatic N) is 2. The minimum atomic E-state index is -3.51. The van der Waals surface area contributed by atoms with E-state index in [0.717, 1.165) is 0 Å². The number of carbonyl (C=O) groups is 2. The van der Waals surface area contributed by atoms with Crippen LogP contribution in [0.3, 0.4) is 0 Å². The molecule has 0 saturated carbocycles. The average Bonchev–Trinajstić information content (AvgIpc) is 2.59. The van der Waals surface area contributed by atoms with E-state index in [1.54, 1.807) is 35.2 Å². The second-order valence-electron chi connectivity index (χ2n) is 5.70. The maximum Gasteiger partial charge on any atom is 0.303 e. The lowest BCUT2D eigenvalue weighted by Gasteiger charge is -2.34. The summed E-state index contributed by atoms with van der Waals surface area (Å²) in [4.78, 5) is 24.4. The molecule has 1 aliphatic heterocycles. The van der Waals surface area contributed by atoms with Crippen molar-refractivity contribution in [3.05, 3.63) is 30.3 Å². The molecule has 1 fully saturated rings. The number of sulfonamides is 1. The van der Waals surface area contributed by atoms with Crippen molar-refractivity contribution in [2.75, 3.05) is 26.2 Å². The number of unbranched alkanes of at least 4 members (excludes halogenated alkanes) is 1. The summed E-state index contributed by atoms with van der Waals surface area (Å²) in [5.74, 6) is -0.903. The summed E-state index contributed by atoms with van der Waals surface area (Å²) in [7, 11) is -3.51. The van der Waals surface area contributed by atoms with Crippen molar-refractivity contribution in [1.82, 2.24) is 9.21 Å². The van der Waals surface area contributed by atoms with E-state index in [1.807, 2.05) is 0 Å². The molecule has 1 N–H and O–H groups in total. The van der Waals surface area contributed by atoms with Crippen molar-refractivity contribution in [3.63, 3.8) is 0 Å². The number of piperazine rings is 1. The van der Waals surface area contributed by atoms with E-state index >= 15 is 0 Å². The van der Waals surface area contributed by atoms with Crippen molar-refractivity contribution in [2.24, 2.45) is 0 Å². The molecule has 132 valence electrons. The standard InChI is InChI=1S/C16H22N2O5S/c19-15(8-4-5-9-16(20)21)17-10-12-18(13-11-17)24(22,23)14-6-2-1-3-7-14/h1-3,6-7H,4-5,8-13H2,(H,20,21). The van der Waals surface area contributed by atoms with Gasteiger partial charge in [0.1, 0.15) is 0 Å². The van der Waals surface area contributed by atoms with Crippen molar-refractivity contribution >= 4 is 21.9 Å². The first-order chi connectivity index (χ1) is 11.4. The molecule has 7 nitrogen and oxygen atoms in total. The second kappa shape index (κ2) is 8.25. The average molecular weight is 354 g/mol. The Kier molecular flexibility index (Phi) is 6.33. The number of hydrogen-bond acceptors (Lipinski definition) is 4. The normalized spacial score (nSPS) is 16.1. The first-order valence-corrected chi connectivity index (χ1v) is 9.40. The summed E-state index contributed by atoms with van der Waals surface area (Å²) >= 11 is 0. The van der Waals surface area contributed by atoms with Crippen molar-refractivity contribution in [1.29, 1.82) is 0 Å². The van der Waals surface area contributed by atoms with E-state index in [-0.39, 0.29) is 30.3 Å². The molecular weight excluding hydrogens is 332 g/mol. The summed E-state index contributed by atoms with van der Waals surface area (Å²) in [5, 5.41) is 8.57. The molecule has 1 aliphatic rings. The number of carboxylic acid groups (broad SMARTS) is 1. The smallest absolute Gasteiger partial charge is 0.303 e. The highest BCUT2D eigenvalue weighted by atomic mass is 32.2. The van der Waals surface area contributed by atoms with Gasteiger partial charge in [0.2, 0.25) is 15.9 Å². The maximum atomic E-state index is 12.5. The Balaban J connectivity index is 1.83. The minimum absolute atomic E-state index is 0.0443. The predicted octanol–water partition coefficient (Wildman–Crippen LogP) is 1.16. The third-order valence-electron chi connectivity index (χ3n) is 4.00. The molecule has 0 aromatic heterocycles. The van der Waals surface area contributed by atoms with Gasteiger partial charge in [0.25, 0.3) is 0 Å². The molecule has 0 aliphatic carbocycles. The highest BCUT2D eigenvalue weighted by molar-refractivity contribution is 7.89. The Morgan fingerprint density at radius 2 is 1.54 bits per heavy atom. The lowest BCUT2D eigenvalue weighted by Crippen LogP contribution is -2.50. The molecule has 1 aromatic carbocycles. The first kappa shape index (κ1) is 18.4. The SMILES string of the molecule is O=C(O)CCCCC(=O)N1CCN(S(=O)(=O)c2ccccc2)CC1. The van der Waals surface area contributed by atoms with E-state index in [4.69, 9.17) is 5.11 Å². The van der Waals surface area contributed by atoms with E-state index < -0.39 is 16.0 Å². The summed E-state index contributed by atoms with van der Waals surface area (Å²) < 4.78 is 26.4. The van der Waals surface area contributed by atoms with E-state index in [9.17, 15) is 18.0 Å². The van der Waals surface area contributed by atoms with Crippen LogP contribution >= 0.6 is 0 Å². The molecule has 0 unspecified atom stereocenters. The number of carboxylic acids is 1. The molecule has 0 spiro atoms. The molecule has 24 heavy (non-hydrogen) atoms. The Morgan fingerprint density at radius 1 is 0.958 bits per heavy atom. The fourth-order valence-corrected chi connectivity index (χ4v) is 4.07. The molecule has 1 saturated heterocycles. The van der Waals surface area contributed by atoms with Crippen molar-refractivity contribution in [3.8, 4) is 0 Å². The Labute approximate surface area is 141 Å². The molecule has 8 heteroatoms. The molecule has 1 aromatic rings. The van der Waals surface area contributed by atoms with Crippen LogP contribution in [0.1, 0.15) is 25.7 Å². The van der Waals surface area contributed by atoms with Gasteiger partial charge in [-0.3, -0.25) is 9.59 Å². The van der Waals surface area contributed by atoms with E-state index in [2.05, 4.69) is 0 Å². The summed E-state index contributed by atoms with van der Waals surface area (Å²) in [6.45, 7) is 1.28. The maximum absolute atomic E-state index is 12.5. The predicted molar refractivity (Wildman–Crippen MR) is 87.9 cm³/mol. The molecule has 0 atom stereocenters. The van der Waals surface area contributed by atoms with Gasteiger partial charge in [0.15, 0.2) is 0 Å². The third-order valence-corrected chi connectivity index (χ3v) is 5.92. The van der Waals surface area contributed by atoms with Gasteiger partial charge in [-0.15, -0.1) is 0 Å². The monoisotopic (exact) mass is 354 g/mol. The van der Waals surface area contributed by atoms with Crippen LogP contribution in [0.25, 0.3) is 0 Å². The topological polar surface area (TPSA) is 95.0 Å². The molecule has 0 bridgehead atoms. The van der Waals surface area contributed by atoms with Crippen LogP contribution in [0.2, 0.25) is 0 Å². The number of rotatable bonds is 7. The zero-order chi connectivity index (χ0) is 17.6. The molecular formula is C16H22N2O5S. The first-order valence-electron chi connectivity index (χ1n) is 7.96. The Morgan fingerprint density at radius 3 is 2.12 bits per heavy atom. The van der Waals surface area contributed by atoms with Gasteiger partial charge in [-0.25, -0.2) is 8.42 Å². The van der Waals surface area contributed by atoms with E-state index in [0.29, 0.717) is 32.4 Å². The van der Waals surface area contributed by atoms with Crippen LogP contribution in [0.4, 0.5) is 0 Å².